The first kappa shape index (κ1) is 26.3. The molecule has 1 unspecified atom stereocenters. The SMILES string of the molecule is Cc1c(C(O)N[C@H]2C[C@H](C(=O)O)C2)cc(-c2cc(C(F)(F)F)cc(C3(C)CC3)c2)n1CC1CCCCC1. The summed E-state index contributed by atoms with van der Waals surface area (Å²) in [5.41, 5.74) is 2.57. The Kier molecular flexibility index (Phi) is 6.94. The van der Waals surface area contributed by atoms with Crippen molar-refractivity contribution in [2.75, 3.05) is 0 Å². The number of nitrogens with one attached hydrogen (secondary N) is 1. The van der Waals surface area contributed by atoms with Crippen LogP contribution in [0, 0.1) is 18.8 Å². The number of alkyl halides is 3. The highest BCUT2D eigenvalue weighted by Gasteiger charge is 2.42. The predicted molar refractivity (Wildman–Crippen MR) is 135 cm³/mol. The van der Waals surface area contributed by atoms with E-state index < -0.39 is 29.9 Å². The topological polar surface area (TPSA) is 74.5 Å². The molecule has 3 N–H and O–H groups in total. The molecule has 1 aromatic carbocycles. The molecule has 5 nitrogen and oxygen atoms in total. The maximum atomic E-state index is 13.9. The number of carboxylic acid groups (broad SMARTS) is 1. The first-order valence-corrected chi connectivity index (χ1v) is 13.5. The highest BCUT2D eigenvalue weighted by atomic mass is 19.4. The number of hydrogen-bond donors (Lipinski definition) is 3. The molecule has 3 fully saturated rings. The number of aliphatic hydroxyl groups is 1. The molecule has 3 aliphatic rings. The standard InChI is InChI=1S/C29H37F3N2O3/c1-17-24(26(35)33-23-12-20(13-23)27(36)37)15-25(34(17)16-18-6-4-3-5-7-18)19-10-21(28(2)8-9-28)14-22(11-19)29(30,31)32/h10-11,14-15,18,20,23,26,33,35H,3-9,12-13,16H2,1-2H3,(H,36,37)/t20-,23-,26?. The number of carbonyl (C=O) groups is 1. The van der Waals surface area contributed by atoms with Gasteiger partial charge < -0.3 is 14.8 Å². The summed E-state index contributed by atoms with van der Waals surface area (Å²) in [5.74, 6) is -0.773. The van der Waals surface area contributed by atoms with Gasteiger partial charge in [0.05, 0.1) is 11.5 Å². The van der Waals surface area contributed by atoms with Crippen molar-refractivity contribution in [3.63, 3.8) is 0 Å². The van der Waals surface area contributed by atoms with Gasteiger partial charge in [0.25, 0.3) is 0 Å². The summed E-state index contributed by atoms with van der Waals surface area (Å²) in [6.45, 7) is 4.64. The maximum absolute atomic E-state index is 13.9. The first-order valence-electron chi connectivity index (χ1n) is 13.5. The highest BCUT2D eigenvalue weighted by molar-refractivity contribution is 5.71. The zero-order chi connectivity index (χ0) is 26.5. The third-order valence-corrected chi connectivity index (χ3v) is 9.00. The van der Waals surface area contributed by atoms with Crippen molar-refractivity contribution in [2.24, 2.45) is 11.8 Å². The molecule has 0 amide bonds. The summed E-state index contributed by atoms with van der Waals surface area (Å²) in [4.78, 5) is 11.2. The summed E-state index contributed by atoms with van der Waals surface area (Å²) in [5, 5.41) is 23.4. The van der Waals surface area contributed by atoms with Crippen molar-refractivity contribution < 1.29 is 28.2 Å². The van der Waals surface area contributed by atoms with Crippen LogP contribution >= 0.6 is 0 Å². The lowest BCUT2D eigenvalue weighted by atomic mass is 9.80. The van der Waals surface area contributed by atoms with Gasteiger partial charge >= 0.3 is 12.1 Å². The molecule has 1 heterocycles. The van der Waals surface area contributed by atoms with Gasteiger partial charge in [-0.2, -0.15) is 13.2 Å². The molecule has 0 aliphatic heterocycles. The Morgan fingerprint density at radius 1 is 1.14 bits per heavy atom. The average molecular weight is 519 g/mol. The Labute approximate surface area is 216 Å². The minimum atomic E-state index is -4.44. The minimum absolute atomic E-state index is 0.101. The van der Waals surface area contributed by atoms with Crippen LogP contribution in [0.3, 0.4) is 0 Å². The number of nitrogens with zero attached hydrogens (tertiary/aromatic N) is 1. The van der Waals surface area contributed by atoms with Crippen LogP contribution in [0.5, 0.6) is 0 Å². The molecule has 0 saturated heterocycles. The Morgan fingerprint density at radius 2 is 1.81 bits per heavy atom. The molecule has 2 aromatic rings. The fourth-order valence-electron chi connectivity index (χ4n) is 6.08. The van der Waals surface area contributed by atoms with Crippen molar-refractivity contribution in [1.82, 2.24) is 9.88 Å². The molecule has 37 heavy (non-hydrogen) atoms. The van der Waals surface area contributed by atoms with Crippen LogP contribution in [0.1, 0.15) is 93.3 Å². The molecule has 0 bridgehead atoms. The molecule has 0 radical (unpaired) electrons. The molecular formula is C29H37F3N2O3. The van der Waals surface area contributed by atoms with E-state index in [-0.39, 0.29) is 11.5 Å². The van der Waals surface area contributed by atoms with Gasteiger partial charge in [-0.1, -0.05) is 26.2 Å². The lowest BCUT2D eigenvalue weighted by molar-refractivity contribution is -0.145. The lowest BCUT2D eigenvalue weighted by Gasteiger charge is -2.34. The quantitative estimate of drug-likeness (QED) is 0.346. The second kappa shape index (κ2) is 9.77. The van der Waals surface area contributed by atoms with Gasteiger partial charge in [-0.3, -0.25) is 10.1 Å². The summed E-state index contributed by atoms with van der Waals surface area (Å²) in [7, 11) is 0. The molecule has 0 spiro atoms. The zero-order valence-electron chi connectivity index (χ0n) is 21.6. The van der Waals surface area contributed by atoms with E-state index in [0.717, 1.165) is 49.8 Å². The number of aliphatic hydroxyl groups excluding tert-OH is 1. The van der Waals surface area contributed by atoms with Crippen LogP contribution in [-0.2, 0) is 22.9 Å². The molecule has 3 saturated carbocycles. The first-order chi connectivity index (χ1) is 17.4. The van der Waals surface area contributed by atoms with E-state index in [2.05, 4.69) is 9.88 Å². The second-order valence-electron chi connectivity index (χ2n) is 11.8. The highest BCUT2D eigenvalue weighted by Crippen LogP contribution is 2.50. The molecular weight excluding hydrogens is 481 g/mol. The van der Waals surface area contributed by atoms with E-state index in [1.54, 1.807) is 0 Å². The number of hydrogen-bond acceptors (Lipinski definition) is 3. The second-order valence-corrected chi connectivity index (χ2v) is 11.8. The molecule has 3 aliphatic carbocycles. The van der Waals surface area contributed by atoms with Crippen LogP contribution in [0.25, 0.3) is 11.3 Å². The molecule has 8 heteroatoms. The smallest absolute Gasteiger partial charge is 0.416 e. The number of halogens is 3. The Hall–Kier alpha value is -2.32. The summed E-state index contributed by atoms with van der Waals surface area (Å²) in [6.07, 6.45) is 2.94. The van der Waals surface area contributed by atoms with E-state index >= 15 is 0 Å². The Morgan fingerprint density at radius 3 is 2.41 bits per heavy atom. The van der Waals surface area contributed by atoms with Crippen LogP contribution < -0.4 is 5.32 Å². The van der Waals surface area contributed by atoms with Gasteiger partial charge in [-0.25, -0.2) is 0 Å². The van der Waals surface area contributed by atoms with E-state index in [9.17, 15) is 23.1 Å². The van der Waals surface area contributed by atoms with Gasteiger partial charge in [-0.15, -0.1) is 0 Å². The summed E-state index contributed by atoms with van der Waals surface area (Å²) < 4.78 is 43.9. The van der Waals surface area contributed by atoms with Crippen molar-refractivity contribution in [2.45, 2.75) is 102 Å². The van der Waals surface area contributed by atoms with Crippen molar-refractivity contribution in [3.8, 4) is 11.3 Å². The molecule has 1 atom stereocenters. The number of rotatable bonds is 8. The normalized spacial score (nSPS) is 24.5. The number of carboxylic acids is 1. The minimum Gasteiger partial charge on any atom is -0.481 e. The Bertz CT molecular complexity index is 1130. The zero-order valence-corrected chi connectivity index (χ0v) is 21.6. The van der Waals surface area contributed by atoms with Gasteiger partial charge in [0, 0.05) is 29.5 Å². The number of aromatic nitrogens is 1. The van der Waals surface area contributed by atoms with E-state index in [1.807, 2.05) is 26.0 Å². The van der Waals surface area contributed by atoms with E-state index in [4.69, 9.17) is 5.11 Å². The molecule has 5 rings (SSSR count). The van der Waals surface area contributed by atoms with E-state index in [0.29, 0.717) is 42.1 Å². The predicted octanol–water partition coefficient (Wildman–Crippen LogP) is 6.56. The van der Waals surface area contributed by atoms with Crippen molar-refractivity contribution >= 4 is 5.97 Å². The fraction of sp³-hybridized carbons (Fsp3) is 0.621. The van der Waals surface area contributed by atoms with Crippen LogP contribution in [0.4, 0.5) is 13.2 Å². The number of benzene rings is 1. The Balaban J connectivity index is 1.52. The largest absolute Gasteiger partial charge is 0.481 e. The van der Waals surface area contributed by atoms with Crippen LogP contribution in [0.2, 0.25) is 0 Å². The molecule has 1 aromatic heterocycles. The van der Waals surface area contributed by atoms with Gasteiger partial charge in [0.1, 0.15) is 6.23 Å². The van der Waals surface area contributed by atoms with Crippen LogP contribution in [0.15, 0.2) is 24.3 Å². The third kappa shape index (κ3) is 5.46. The van der Waals surface area contributed by atoms with Gasteiger partial charge in [0.15, 0.2) is 0 Å². The van der Waals surface area contributed by atoms with Crippen LogP contribution in [-0.4, -0.2) is 26.8 Å². The summed E-state index contributed by atoms with van der Waals surface area (Å²) in [6, 6.07) is 6.17. The number of aliphatic carboxylic acids is 1. The molecule has 202 valence electrons. The third-order valence-electron chi connectivity index (χ3n) is 9.00. The monoisotopic (exact) mass is 518 g/mol. The fourth-order valence-corrected chi connectivity index (χ4v) is 6.08. The van der Waals surface area contributed by atoms with Crippen molar-refractivity contribution in [1.29, 1.82) is 0 Å². The summed E-state index contributed by atoms with van der Waals surface area (Å²) >= 11 is 0. The van der Waals surface area contributed by atoms with Gasteiger partial charge in [-0.05, 0) is 92.2 Å². The maximum Gasteiger partial charge on any atom is 0.416 e. The van der Waals surface area contributed by atoms with E-state index in [1.165, 1.54) is 18.6 Å². The lowest BCUT2D eigenvalue weighted by Crippen LogP contribution is -2.45. The average Bonchev–Trinajstić information content (AvgIpc) is 3.50. The van der Waals surface area contributed by atoms with Crippen molar-refractivity contribution in [3.05, 3.63) is 46.6 Å². The van der Waals surface area contributed by atoms with Gasteiger partial charge in [0.2, 0.25) is 0 Å².